The molecule has 0 saturated heterocycles. The summed E-state index contributed by atoms with van der Waals surface area (Å²) < 4.78 is 15.2. The van der Waals surface area contributed by atoms with Gasteiger partial charge in [0.05, 0.1) is 20.3 Å². The van der Waals surface area contributed by atoms with Gasteiger partial charge in [-0.1, -0.05) is 12.1 Å². The van der Waals surface area contributed by atoms with E-state index in [9.17, 15) is 9.59 Å². The summed E-state index contributed by atoms with van der Waals surface area (Å²) in [6, 6.07) is 7.36. The predicted molar refractivity (Wildman–Crippen MR) is 76.1 cm³/mol. The van der Waals surface area contributed by atoms with Crippen molar-refractivity contribution in [1.29, 1.82) is 0 Å². The molecule has 0 heterocycles. The maximum atomic E-state index is 12.2. The Bertz CT molecular complexity index is 502. The minimum absolute atomic E-state index is 0.193. The molecule has 0 spiro atoms. The number of rotatable bonds is 6. The molecule has 1 aliphatic carbocycles. The topological polar surface area (TPSA) is 61.8 Å². The normalized spacial score (nSPS) is 18.7. The third-order valence-electron chi connectivity index (χ3n) is 3.76. The second-order valence-electron chi connectivity index (χ2n) is 4.94. The molecule has 0 N–H and O–H groups in total. The Labute approximate surface area is 124 Å². The number of methoxy groups -OCH3 is 1. The van der Waals surface area contributed by atoms with Crippen molar-refractivity contribution in [2.75, 3.05) is 20.3 Å². The van der Waals surface area contributed by atoms with Crippen LogP contribution in [0.3, 0.4) is 0 Å². The summed E-state index contributed by atoms with van der Waals surface area (Å²) in [6.45, 7) is 3.94. The lowest BCUT2D eigenvalue weighted by atomic mass is 9.99. The molecule has 5 nitrogen and oxygen atoms in total. The summed E-state index contributed by atoms with van der Waals surface area (Å²) in [6.07, 6.45) is 0.428. The smallest absolute Gasteiger partial charge is 0.324 e. The van der Waals surface area contributed by atoms with Crippen LogP contribution in [0.2, 0.25) is 0 Å². The zero-order chi connectivity index (χ0) is 15.5. The van der Waals surface area contributed by atoms with Gasteiger partial charge < -0.3 is 14.2 Å². The molecule has 2 rings (SSSR count). The molecule has 1 aliphatic rings. The first kappa shape index (κ1) is 15.4. The fourth-order valence-corrected chi connectivity index (χ4v) is 2.56. The fourth-order valence-electron chi connectivity index (χ4n) is 2.56. The van der Waals surface area contributed by atoms with E-state index in [0.717, 1.165) is 11.3 Å². The van der Waals surface area contributed by atoms with Gasteiger partial charge in [0.1, 0.15) is 5.75 Å². The van der Waals surface area contributed by atoms with Crippen molar-refractivity contribution in [3.8, 4) is 5.75 Å². The van der Waals surface area contributed by atoms with E-state index in [1.165, 1.54) is 0 Å². The zero-order valence-electron chi connectivity index (χ0n) is 12.5. The lowest BCUT2D eigenvalue weighted by molar-refractivity contribution is -0.164. The van der Waals surface area contributed by atoms with E-state index in [4.69, 9.17) is 14.2 Å². The molecule has 0 radical (unpaired) electrons. The van der Waals surface area contributed by atoms with Crippen LogP contribution in [0, 0.1) is 5.41 Å². The molecular weight excluding hydrogens is 272 g/mol. The highest BCUT2D eigenvalue weighted by molar-refractivity contribution is 6.05. The van der Waals surface area contributed by atoms with E-state index in [-0.39, 0.29) is 19.1 Å². The maximum absolute atomic E-state index is 12.2. The lowest BCUT2D eigenvalue weighted by Crippen LogP contribution is -2.31. The molecule has 0 bridgehead atoms. The van der Waals surface area contributed by atoms with Gasteiger partial charge in [0.25, 0.3) is 0 Å². The second kappa shape index (κ2) is 6.16. The Kier molecular flexibility index (Phi) is 4.50. The van der Waals surface area contributed by atoms with Crippen LogP contribution >= 0.6 is 0 Å². The summed E-state index contributed by atoms with van der Waals surface area (Å²) in [4.78, 5) is 24.4. The summed E-state index contributed by atoms with van der Waals surface area (Å²) in [5.74, 6) is -0.452. The van der Waals surface area contributed by atoms with Crippen molar-refractivity contribution in [3.05, 3.63) is 29.8 Å². The van der Waals surface area contributed by atoms with Crippen LogP contribution in [0.4, 0.5) is 0 Å². The average molecular weight is 292 g/mol. The number of carbonyl (C=O) groups is 2. The lowest BCUT2D eigenvalue weighted by Gasteiger charge is -2.15. The van der Waals surface area contributed by atoms with Crippen LogP contribution in [-0.4, -0.2) is 32.3 Å². The van der Waals surface area contributed by atoms with Gasteiger partial charge >= 0.3 is 11.9 Å². The monoisotopic (exact) mass is 292 g/mol. The number of benzene rings is 1. The van der Waals surface area contributed by atoms with Crippen molar-refractivity contribution in [2.24, 2.45) is 5.41 Å². The van der Waals surface area contributed by atoms with E-state index in [0.29, 0.717) is 6.42 Å². The minimum atomic E-state index is -1.18. The molecule has 1 unspecified atom stereocenters. The van der Waals surface area contributed by atoms with Gasteiger partial charge in [-0.2, -0.15) is 0 Å². The van der Waals surface area contributed by atoms with Crippen molar-refractivity contribution < 1.29 is 23.8 Å². The van der Waals surface area contributed by atoms with Crippen molar-refractivity contribution in [1.82, 2.24) is 0 Å². The van der Waals surface area contributed by atoms with Gasteiger partial charge in [0, 0.05) is 5.92 Å². The SMILES string of the molecule is CCOC(=O)C1(C(=O)OCC)CC1c1ccc(OC)cc1. The summed E-state index contributed by atoms with van der Waals surface area (Å²) in [5, 5.41) is 0. The van der Waals surface area contributed by atoms with E-state index >= 15 is 0 Å². The molecule has 1 saturated carbocycles. The van der Waals surface area contributed by atoms with Gasteiger partial charge in [0.15, 0.2) is 5.41 Å². The fraction of sp³-hybridized carbons (Fsp3) is 0.500. The number of esters is 2. The average Bonchev–Trinajstić information content (AvgIpc) is 3.25. The Morgan fingerprint density at radius 3 is 2.05 bits per heavy atom. The Morgan fingerprint density at radius 2 is 1.62 bits per heavy atom. The van der Waals surface area contributed by atoms with E-state index in [2.05, 4.69) is 0 Å². The largest absolute Gasteiger partial charge is 0.497 e. The summed E-state index contributed by atoms with van der Waals surface area (Å²) in [5.41, 5.74) is -0.266. The third-order valence-corrected chi connectivity index (χ3v) is 3.76. The molecule has 1 aromatic carbocycles. The van der Waals surface area contributed by atoms with Gasteiger partial charge in [-0.15, -0.1) is 0 Å². The minimum Gasteiger partial charge on any atom is -0.497 e. The van der Waals surface area contributed by atoms with Crippen LogP contribution in [0.5, 0.6) is 5.75 Å². The molecule has 21 heavy (non-hydrogen) atoms. The molecule has 0 amide bonds. The van der Waals surface area contributed by atoms with Crippen LogP contribution in [0.1, 0.15) is 31.7 Å². The maximum Gasteiger partial charge on any atom is 0.324 e. The summed E-state index contributed by atoms with van der Waals surface area (Å²) in [7, 11) is 1.59. The van der Waals surface area contributed by atoms with Gasteiger partial charge in [-0.05, 0) is 38.0 Å². The van der Waals surface area contributed by atoms with E-state index in [1.807, 2.05) is 24.3 Å². The molecule has 0 aromatic heterocycles. The first-order valence-electron chi connectivity index (χ1n) is 7.08. The quantitative estimate of drug-likeness (QED) is 0.594. The van der Waals surface area contributed by atoms with Gasteiger partial charge in [-0.3, -0.25) is 9.59 Å². The molecule has 1 fully saturated rings. The van der Waals surface area contributed by atoms with Gasteiger partial charge in [-0.25, -0.2) is 0 Å². The first-order valence-corrected chi connectivity index (χ1v) is 7.08. The third kappa shape index (κ3) is 2.73. The number of carbonyl (C=O) groups excluding carboxylic acids is 2. The van der Waals surface area contributed by atoms with Gasteiger partial charge in [0.2, 0.25) is 0 Å². The Morgan fingerprint density at radius 1 is 1.10 bits per heavy atom. The predicted octanol–water partition coefficient (Wildman–Crippen LogP) is 2.30. The number of ether oxygens (including phenoxy) is 3. The van der Waals surface area contributed by atoms with Crippen LogP contribution in [-0.2, 0) is 19.1 Å². The molecule has 1 aromatic rings. The van der Waals surface area contributed by atoms with Crippen LogP contribution < -0.4 is 4.74 Å². The first-order chi connectivity index (χ1) is 10.1. The second-order valence-corrected chi connectivity index (χ2v) is 4.94. The highest BCUT2D eigenvalue weighted by Crippen LogP contribution is 2.61. The number of hydrogen-bond donors (Lipinski definition) is 0. The molecule has 0 aliphatic heterocycles. The van der Waals surface area contributed by atoms with Crippen molar-refractivity contribution >= 4 is 11.9 Å². The van der Waals surface area contributed by atoms with Crippen molar-refractivity contribution in [3.63, 3.8) is 0 Å². The van der Waals surface area contributed by atoms with Crippen LogP contribution in [0.25, 0.3) is 0 Å². The summed E-state index contributed by atoms with van der Waals surface area (Å²) >= 11 is 0. The van der Waals surface area contributed by atoms with E-state index < -0.39 is 17.4 Å². The van der Waals surface area contributed by atoms with Crippen molar-refractivity contribution in [2.45, 2.75) is 26.2 Å². The zero-order valence-corrected chi connectivity index (χ0v) is 12.5. The molecule has 114 valence electrons. The highest BCUT2D eigenvalue weighted by Gasteiger charge is 2.68. The highest BCUT2D eigenvalue weighted by atomic mass is 16.6. The standard InChI is InChI=1S/C16H20O5/c1-4-20-14(17)16(15(18)21-5-2)10-13(16)11-6-8-12(19-3)9-7-11/h6-9,13H,4-5,10H2,1-3H3. The molecule has 1 atom stereocenters. The Balaban J connectivity index is 2.24. The Hall–Kier alpha value is -2.04. The van der Waals surface area contributed by atoms with Crippen LogP contribution in [0.15, 0.2) is 24.3 Å². The van der Waals surface area contributed by atoms with E-state index in [1.54, 1.807) is 21.0 Å². The number of hydrogen-bond acceptors (Lipinski definition) is 5. The molecular formula is C16H20O5. The molecule has 5 heteroatoms.